The van der Waals surface area contributed by atoms with E-state index in [-0.39, 0.29) is 0 Å². The average molecular weight is 196 g/mol. The SMILES string of the molecule is CCCCCCCC/C=C(\C)CCC. The Morgan fingerprint density at radius 1 is 0.857 bits per heavy atom. The maximum Gasteiger partial charge on any atom is -0.0326 e. The second-order valence-corrected chi connectivity index (χ2v) is 4.36. The van der Waals surface area contributed by atoms with Gasteiger partial charge in [0.05, 0.1) is 0 Å². The summed E-state index contributed by atoms with van der Waals surface area (Å²) in [7, 11) is 0. The van der Waals surface area contributed by atoms with Gasteiger partial charge in [0.25, 0.3) is 0 Å². The van der Waals surface area contributed by atoms with Crippen LogP contribution < -0.4 is 0 Å². The highest BCUT2D eigenvalue weighted by Crippen LogP contribution is 2.10. The lowest BCUT2D eigenvalue weighted by molar-refractivity contribution is 0.610. The van der Waals surface area contributed by atoms with Crippen LogP contribution in [-0.2, 0) is 0 Å². The van der Waals surface area contributed by atoms with E-state index in [1.54, 1.807) is 5.57 Å². The Labute approximate surface area is 90.8 Å². The number of unbranched alkanes of at least 4 members (excludes halogenated alkanes) is 6. The Bertz CT molecular complexity index is 133. The quantitative estimate of drug-likeness (QED) is 0.338. The van der Waals surface area contributed by atoms with E-state index in [0.717, 1.165) is 0 Å². The summed E-state index contributed by atoms with van der Waals surface area (Å²) in [6, 6.07) is 0. The molecule has 0 spiro atoms. The zero-order chi connectivity index (χ0) is 10.6. The van der Waals surface area contributed by atoms with Crippen molar-refractivity contribution >= 4 is 0 Å². The molecule has 0 aliphatic heterocycles. The maximum atomic E-state index is 2.43. The van der Waals surface area contributed by atoms with E-state index in [4.69, 9.17) is 0 Å². The molecule has 0 heterocycles. The van der Waals surface area contributed by atoms with Gasteiger partial charge in [0.15, 0.2) is 0 Å². The van der Waals surface area contributed by atoms with Crippen LogP contribution in [0.1, 0.15) is 78.6 Å². The van der Waals surface area contributed by atoms with Gasteiger partial charge < -0.3 is 0 Å². The fourth-order valence-electron chi connectivity index (χ4n) is 1.77. The van der Waals surface area contributed by atoms with Crippen LogP contribution in [0.3, 0.4) is 0 Å². The van der Waals surface area contributed by atoms with Crippen LogP contribution in [0.4, 0.5) is 0 Å². The minimum absolute atomic E-state index is 1.29. The van der Waals surface area contributed by atoms with E-state index in [1.807, 2.05) is 0 Å². The van der Waals surface area contributed by atoms with E-state index < -0.39 is 0 Å². The molecule has 0 bridgehead atoms. The summed E-state index contributed by atoms with van der Waals surface area (Å²) < 4.78 is 0. The molecule has 0 aliphatic carbocycles. The van der Waals surface area contributed by atoms with Crippen molar-refractivity contribution in [2.75, 3.05) is 0 Å². The number of rotatable bonds is 9. The van der Waals surface area contributed by atoms with Crippen molar-refractivity contribution in [3.05, 3.63) is 11.6 Å². The zero-order valence-electron chi connectivity index (χ0n) is 10.4. The molecule has 0 aromatic carbocycles. The fourth-order valence-corrected chi connectivity index (χ4v) is 1.77. The molecule has 14 heavy (non-hydrogen) atoms. The third kappa shape index (κ3) is 9.83. The second kappa shape index (κ2) is 10.8. The Balaban J connectivity index is 3.15. The standard InChI is InChI=1S/C14H28/c1-4-6-7-8-9-10-11-13-14(3)12-5-2/h13H,4-12H2,1-3H3/b14-13+. The Morgan fingerprint density at radius 3 is 2.14 bits per heavy atom. The maximum absolute atomic E-state index is 2.43. The lowest BCUT2D eigenvalue weighted by Gasteiger charge is -2.00. The van der Waals surface area contributed by atoms with Crippen LogP contribution in [0.15, 0.2) is 11.6 Å². The topological polar surface area (TPSA) is 0 Å². The van der Waals surface area contributed by atoms with Gasteiger partial charge in [0.1, 0.15) is 0 Å². The van der Waals surface area contributed by atoms with Gasteiger partial charge in [-0.25, -0.2) is 0 Å². The van der Waals surface area contributed by atoms with Crippen molar-refractivity contribution in [3.8, 4) is 0 Å². The van der Waals surface area contributed by atoms with Crippen molar-refractivity contribution in [3.63, 3.8) is 0 Å². The third-order valence-corrected chi connectivity index (χ3v) is 2.69. The highest BCUT2D eigenvalue weighted by Gasteiger charge is 1.90. The van der Waals surface area contributed by atoms with E-state index >= 15 is 0 Å². The lowest BCUT2D eigenvalue weighted by atomic mass is 10.1. The summed E-state index contributed by atoms with van der Waals surface area (Å²) in [5.74, 6) is 0. The summed E-state index contributed by atoms with van der Waals surface area (Å²) >= 11 is 0. The second-order valence-electron chi connectivity index (χ2n) is 4.36. The molecule has 0 aliphatic rings. The van der Waals surface area contributed by atoms with Crippen molar-refractivity contribution in [1.82, 2.24) is 0 Å². The number of hydrogen-bond donors (Lipinski definition) is 0. The highest BCUT2D eigenvalue weighted by atomic mass is 14.0. The van der Waals surface area contributed by atoms with Crippen molar-refractivity contribution in [2.45, 2.75) is 78.6 Å². The predicted molar refractivity (Wildman–Crippen MR) is 66.7 cm³/mol. The lowest BCUT2D eigenvalue weighted by Crippen LogP contribution is -1.79. The predicted octanol–water partition coefficient (Wildman–Crippen LogP) is 5.48. The fraction of sp³-hybridized carbons (Fsp3) is 0.857. The Hall–Kier alpha value is -0.260. The minimum atomic E-state index is 1.29. The van der Waals surface area contributed by atoms with Gasteiger partial charge in [-0.2, -0.15) is 0 Å². The van der Waals surface area contributed by atoms with Gasteiger partial charge in [-0.3, -0.25) is 0 Å². The van der Waals surface area contributed by atoms with Crippen molar-refractivity contribution < 1.29 is 0 Å². The largest absolute Gasteiger partial charge is 0.0856 e. The van der Waals surface area contributed by atoms with Crippen LogP contribution in [0.5, 0.6) is 0 Å². The first kappa shape index (κ1) is 13.7. The average Bonchev–Trinajstić information content (AvgIpc) is 2.17. The molecular formula is C14H28. The van der Waals surface area contributed by atoms with Crippen LogP contribution in [-0.4, -0.2) is 0 Å². The number of hydrogen-bond acceptors (Lipinski definition) is 0. The first-order valence-electron chi connectivity index (χ1n) is 6.46. The molecule has 0 rings (SSSR count). The van der Waals surface area contributed by atoms with Crippen molar-refractivity contribution in [2.24, 2.45) is 0 Å². The van der Waals surface area contributed by atoms with Gasteiger partial charge >= 0.3 is 0 Å². The third-order valence-electron chi connectivity index (χ3n) is 2.69. The Kier molecular flexibility index (Phi) is 10.6. The minimum Gasteiger partial charge on any atom is -0.0856 e. The smallest absolute Gasteiger partial charge is 0.0326 e. The molecule has 0 atom stereocenters. The molecule has 0 nitrogen and oxygen atoms in total. The molecule has 0 amide bonds. The normalized spacial score (nSPS) is 12.1. The van der Waals surface area contributed by atoms with E-state index in [0.29, 0.717) is 0 Å². The summed E-state index contributed by atoms with van der Waals surface area (Å²) in [6.45, 7) is 6.79. The molecule has 0 saturated carbocycles. The number of allylic oxidation sites excluding steroid dienone is 2. The molecule has 84 valence electrons. The monoisotopic (exact) mass is 196 g/mol. The van der Waals surface area contributed by atoms with Gasteiger partial charge in [0, 0.05) is 0 Å². The molecule has 0 fully saturated rings. The molecule has 0 aromatic heterocycles. The van der Waals surface area contributed by atoms with Crippen LogP contribution in [0, 0.1) is 0 Å². The van der Waals surface area contributed by atoms with E-state index in [9.17, 15) is 0 Å². The van der Waals surface area contributed by atoms with Gasteiger partial charge in [-0.05, 0) is 26.2 Å². The van der Waals surface area contributed by atoms with E-state index in [2.05, 4.69) is 26.8 Å². The summed E-state index contributed by atoms with van der Waals surface area (Å²) in [6.07, 6.45) is 14.8. The summed E-state index contributed by atoms with van der Waals surface area (Å²) in [5, 5.41) is 0. The Morgan fingerprint density at radius 2 is 1.50 bits per heavy atom. The first-order valence-corrected chi connectivity index (χ1v) is 6.46. The molecule has 0 unspecified atom stereocenters. The zero-order valence-corrected chi connectivity index (χ0v) is 10.4. The van der Waals surface area contributed by atoms with Crippen LogP contribution in [0.2, 0.25) is 0 Å². The molecule has 0 heteroatoms. The molecule has 0 N–H and O–H groups in total. The molecule has 0 aromatic rings. The van der Waals surface area contributed by atoms with Gasteiger partial charge in [0.2, 0.25) is 0 Å². The van der Waals surface area contributed by atoms with Gasteiger partial charge in [-0.1, -0.05) is 64.0 Å². The summed E-state index contributed by atoms with van der Waals surface area (Å²) in [5.41, 5.74) is 1.58. The molecular weight excluding hydrogens is 168 g/mol. The van der Waals surface area contributed by atoms with Crippen molar-refractivity contribution in [1.29, 1.82) is 0 Å². The summed E-state index contributed by atoms with van der Waals surface area (Å²) in [4.78, 5) is 0. The first-order chi connectivity index (χ1) is 6.81. The van der Waals surface area contributed by atoms with Crippen LogP contribution >= 0.6 is 0 Å². The molecule has 0 saturated heterocycles. The molecule has 0 radical (unpaired) electrons. The highest BCUT2D eigenvalue weighted by molar-refractivity contribution is 4.97. The van der Waals surface area contributed by atoms with Gasteiger partial charge in [-0.15, -0.1) is 0 Å². The van der Waals surface area contributed by atoms with Crippen LogP contribution in [0.25, 0.3) is 0 Å². The van der Waals surface area contributed by atoms with E-state index in [1.165, 1.54) is 57.8 Å².